The number of benzene rings is 3. The lowest BCUT2D eigenvalue weighted by molar-refractivity contribution is 0.348. The van der Waals surface area contributed by atoms with Crippen LogP contribution in [0, 0.1) is 0 Å². The highest BCUT2D eigenvalue weighted by molar-refractivity contribution is 6.02. The molecule has 0 atom stereocenters. The number of fused-ring (bicyclic) bond motifs is 1. The van der Waals surface area contributed by atoms with Crippen LogP contribution in [-0.2, 0) is 5.41 Å². The van der Waals surface area contributed by atoms with Gasteiger partial charge in [0.1, 0.15) is 5.75 Å². The van der Waals surface area contributed by atoms with Gasteiger partial charge in [-0.25, -0.2) is 0 Å². The summed E-state index contributed by atoms with van der Waals surface area (Å²) in [5, 5.41) is 6.53. The second-order valence-corrected chi connectivity index (χ2v) is 8.73. The van der Waals surface area contributed by atoms with Crippen molar-refractivity contribution >= 4 is 22.7 Å². The number of rotatable bonds is 7. The molecule has 0 aliphatic carbocycles. The second kappa shape index (κ2) is 9.79. The van der Waals surface area contributed by atoms with E-state index in [0.717, 1.165) is 22.0 Å². The number of anilines is 1. The fourth-order valence-electron chi connectivity index (χ4n) is 3.45. The molecule has 1 heterocycles. The molecule has 174 valence electrons. The van der Waals surface area contributed by atoms with Gasteiger partial charge in [0, 0.05) is 5.56 Å². The van der Waals surface area contributed by atoms with Crippen LogP contribution in [0.3, 0.4) is 0 Å². The molecule has 0 unspecified atom stereocenters. The molecule has 4 aromatic rings. The van der Waals surface area contributed by atoms with E-state index in [1.165, 1.54) is 19.8 Å². The number of nitrogens with one attached hydrogen (secondary N) is 1. The summed E-state index contributed by atoms with van der Waals surface area (Å²) in [6.45, 7) is 6.58. The zero-order chi connectivity index (χ0) is 24.1. The monoisotopic (exact) mass is 456 g/mol. The van der Waals surface area contributed by atoms with Crippen molar-refractivity contribution < 1.29 is 14.2 Å². The zero-order valence-electron chi connectivity index (χ0n) is 20.0. The average molecular weight is 457 g/mol. The fourth-order valence-corrected chi connectivity index (χ4v) is 3.45. The van der Waals surface area contributed by atoms with Crippen LogP contribution >= 0.6 is 0 Å². The van der Waals surface area contributed by atoms with E-state index in [4.69, 9.17) is 14.2 Å². The van der Waals surface area contributed by atoms with E-state index in [0.29, 0.717) is 17.5 Å². The first-order valence-electron chi connectivity index (χ1n) is 10.9. The Morgan fingerprint density at radius 2 is 1.53 bits per heavy atom. The van der Waals surface area contributed by atoms with Crippen LogP contribution < -0.4 is 19.6 Å². The zero-order valence-corrected chi connectivity index (χ0v) is 20.0. The third-order valence-corrected chi connectivity index (χ3v) is 5.35. The van der Waals surface area contributed by atoms with Crippen molar-refractivity contribution in [2.75, 3.05) is 19.6 Å². The minimum Gasteiger partial charge on any atom is -0.481 e. The van der Waals surface area contributed by atoms with Crippen molar-refractivity contribution in [3.63, 3.8) is 0 Å². The molecule has 0 aliphatic rings. The van der Waals surface area contributed by atoms with Gasteiger partial charge < -0.3 is 14.2 Å². The summed E-state index contributed by atoms with van der Waals surface area (Å²) < 4.78 is 16.5. The first-order chi connectivity index (χ1) is 16.4. The van der Waals surface area contributed by atoms with Crippen molar-refractivity contribution in [1.82, 2.24) is 9.97 Å². The minimum atomic E-state index is 0.0991. The van der Waals surface area contributed by atoms with Gasteiger partial charge in [-0.15, -0.1) is 0 Å². The predicted octanol–water partition coefficient (Wildman–Crippen LogP) is 6.18. The summed E-state index contributed by atoms with van der Waals surface area (Å²) in [6.07, 6.45) is 1.74. The summed E-state index contributed by atoms with van der Waals surface area (Å²) >= 11 is 0. The van der Waals surface area contributed by atoms with Gasteiger partial charge in [0.15, 0.2) is 0 Å². The molecule has 1 N–H and O–H groups in total. The Balaban J connectivity index is 1.65. The summed E-state index contributed by atoms with van der Waals surface area (Å²) in [4.78, 5) is 8.55. The van der Waals surface area contributed by atoms with Gasteiger partial charge in [-0.1, -0.05) is 63.2 Å². The van der Waals surface area contributed by atoms with E-state index in [2.05, 4.69) is 53.4 Å². The van der Waals surface area contributed by atoms with Crippen LogP contribution in [0.15, 0.2) is 71.8 Å². The molecule has 4 rings (SSSR count). The predicted molar refractivity (Wildman–Crippen MR) is 136 cm³/mol. The molecule has 7 nitrogen and oxygen atoms in total. The highest BCUT2D eigenvalue weighted by atomic mass is 16.5. The largest absolute Gasteiger partial charge is 0.481 e. The highest BCUT2D eigenvalue weighted by Crippen LogP contribution is 2.31. The number of aromatic nitrogens is 2. The van der Waals surface area contributed by atoms with Crippen LogP contribution in [0.4, 0.5) is 5.69 Å². The normalized spacial score (nSPS) is 11.6. The first kappa shape index (κ1) is 23.0. The SMILES string of the molecule is COc1cc(OC)nc(Oc2ccc3ccccc3c2C=NNc2ccc(C(C)(C)C)cc2)n1. The molecular weight excluding hydrogens is 428 g/mol. The van der Waals surface area contributed by atoms with E-state index < -0.39 is 0 Å². The molecule has 7 heteroatoms. The van der Waals surface area contributed by atoms with E-state index in [-0.39, 0.29) is 11.4 Å². The van der Waals surface area contributed by atoms with Crippen LogP contribution in [-0.4, -0.2) is 30.4 Å². The van der Waals surface area contributed by atoms with Crippen LogP contribution in [0.25, 0.3) is 10.8 Å². The molecule has 3 aromatic carbocycles. The Labute approximate surface area is 199 Å². The van der Waals surface area contributed by atoms with Gasteiger partial charge >= 0.3 is 6.01 Å². The van der Waals surface area contributed by atoms with Gasteiger partial charge in [-0.05, 0) is 39.9 Å². The fraction of sp³-hybridized carbons (Fsp3) is 0.222. The molecule has 34 heavy (non-hydrogen) atoms. The van der Waals surface area contributed by atoms with Crippen molar-refractivity contribution in [2.24, 2.45) is 5.10 Å². The van der Waals surface area contributed by atoms with Crippen molar-refractivity contribution in [3.8, 4) is 23.5 Å². The number of hydrazone groups is 1. The van der Waals surface area contributed by atoms with Gasteiger partial charge in [-0.2, -0.15) is 15.1 Å². The smallest absolute Gasteiger partial charge is 0.328 e. The molecule has 0 bridgehead atoms. The molecule has 0 radical (unpaired) electrons. The Kier molecular flexibility index (Phi) is 6.63. The quantitative estimate of drug-likeness (QED) is 0.264. The second-order valence-electron chi connectivity index (χ2n) is 8.73. The topological polar surface area (TPSA) is 77.9 Å². The lowest BCUT2D eigenvalue weighted by Gasteiger charge is -2.19. The Bertz CT molecular complexity index is 1290. The third-order valence-electron chi connectivity index (χ3n) is 5.35. The Hall–Kier alpha value is -4.13. The molecular formula is C27H28N4O3. The van der Waals surface area contributed by atoms with Crippen molar-refractivity contribution in [2.45, 2.75) is 26.2 Å². The maximum atomic E-state index is 6.06. The molecule has 0 spiro atoms. The summed E-state index contributed by atoms with van der Waals surface area (Å²) in [6, 6.07) is 21.9. The summed E-state index contributed by atoms with van der Waals surface area (Å²) in [5.41, 5.74) is 6.16. The van der Waals surface area contributed by atoms with Crippen LogP contribution in [0.5, 0.6) is 23.5 Å². The summed E-state index contributed by atoms with van der Waals surface area (Å²) in [7, 11) is 3.05. The van der Waals surface area contributed by atoms with Gasteiger partial charge in [0.2, 0.25) is 11.8 Å². The van der Waals surface area contributed by atoms with Crippen molar-refractivity contribution in [3.05, 3.63) is 77.9 Å². The standard InChI is InChI=1S/C27H28N4O3/c1-27(2,3)19-11-13-20(14-12-19)31-28-17-22-21-9-7-6-8-18(21)10-15-23(22)34-26-29-24(32-4)16-25(30-26)33-5/h6-17,31H,1-5H3. The van der Waals surface area contributed by atoms with Gasteiger partial charge in [0.25, 0.3) is 0 Å². The number of hydrogen-bond donors (Lipinski definition) is 1. The number of hydrogen-bond acceptors (Lipinski definition) is 7. The maximum Gasteiger partial charge on any atom is 0.328 e. The molecule has 0 fully saturated rings. The minimum absolute atomic E-state index is 0.0991. The third kappa shape index (κ3) is 5.26. The van der Waals surface area contributed by atoms with E-state index >= 15 is 0 Å². The summed E-state index contributed by atoms with van der Waals surface area (Å²) in [5.74, 6) is 1.25. The van der Waals surface area contributed by atoms with E-state index in [1.807, 2.05) is 48.5 Å². The molecule has 0 saturated heterocycles. The van der Waals surface area contributed by atoms with Gasteiger partial charge in [-0.3, -0.25) is 5.43 Å². The van der Waals surface area contributed by atoms with Gasteiger partial charge in [0.05, 0.1) is 32.2 Å². The molecule has 0 saturated carbocycles. The molecule has 0 aliphatic heterocycles. The molecule has 1 aromatic heterocycles. The van der Waals surface area contributed by atoms with E-state index in [9.17, 15) is 0 Å². The van der Waals surface area contributed by atoms with Crippen LogP contribution in [0.1, 0.15) is 31.9 Å². The molecule has 0 amide bonds. The maximum absolute atomic E-state index is 6.06. The first-order valence-corrected chi connectivity index (χ1v) is 10.9. The van der Waals surface area contributed by atoms with Crippen LogP contribution in [0.2, 0.25) is 0 Å². The highest BCUT2D eigenvalue weighted by Gasteiger charge is 2.14. The lowest BCUT2D eigenvalue weighted by Crippen LogP contribution is -2.10. The number of methoxy groups -OCH3 is 2. The Morgan fingerprint density at radius 3 is 2.18 bits per heavy atom. The number of nitrogens with zero attached hydrogens (tertiary/aromatic N) is 3. The average Bonchev–Trinajstić information content (AvgIpc) is 2.84. The van der Waals surface area contributed by atoms with Crippen molar-refractivity contribution in [1.29, 1.82) is 0 Å². The number of ether oxygens (including phenoxy) is 3. The Morgan fingerprint density at radius 1 is 0.853 bits per heavy atom. The van der Waals surface area contributed by atoms with E-state index in [1.54, 1.807) is 12.3 Å². The lowest BCUT2D eigenvalue weighted by atomic mass is 9.87.